The molecule has 0 aromatic rings. The Labute approximate surface area is 133 Å². The first-order valence-electron chi connectivity index (χ1n) is 6.99. The van der Waals surface area contributed by atoms with Crippen LogP contribution in [-0.4, -0.2) is 83.5 Å². The van der Waals surface area contributed by atoms with Gasteiger partial charge in [0, 0.05) is 13.1 Å². The average molecular weight is 337 g/mol. The molecule has 10 heteroatoms. The fourth-order valence-corrected chi connectivity index (χ4v) is 1.50. The molecule has 5 N–H and O–H groups in total. The van der Waals surface area contributed by atoms with E-state index < -0.39 is 23.5 Å². The van der Waals surface area contributed by atoms with Gasteiger partial charge in [-0.05, 0) is 0 Å². The number of nitrogens with one attached hydrogen (secondary N) is 1. The lowest BCUT2D eigenvalue weighted by molar-refractivity contribution is -0.140. The van der Waals surface area contributed by atoms with Crippen molar-refractivity contribution < 1.29 is 44.3 Å². The average Bonchev–Trinajstić information content (AvgIpc) is 2.44. The maximum atomic E-state index is 10.4. The molecule has 0 aromatic heterocycles. The highest BCUT2D eigenvalue weighted by molar-refractivity contribution is 5.67. The Morgan fingerprint density at radius 1 is 0.826 bits per heavy atom. The topological polar surface area (TPSA) is 163 Å². The first kappa shape index (κ1) is 21.2. The highest BCUT2D eigenvalue weighted by Gasteiger charge is 2.27. The quantitative estimate of drug-likeness (QED) is 0.228. The van der Waals surface area contributed by atoms with Gasteiger partial charge in [-0.25, -0.2) is 0 Å². The van der Waals surface area contributed by atoms with E-state index in [0.717, 1.165) is 0 Å². The van der Waals surface area contributed by atoms with E-state index in [9.17, 15) is 19.5 Å². The van der Waals surface area contributed by atoms with Gasteiger partial charge in [0.05, 0.1) is 45.7 Å². The molecule has 0 saturated carbocycles. The third-order valence-corrected chi connectivity index (χ3v) is 2.63. The molecule has 0 amide bonds. The first-order chi connectivity index (χ1) is 10.7. The molecule has 0 bridgehead atoms. The van der Waals surface area contributed by atoms with Gasteiger partial charge in [-0.3, -0.25) is 14.4 Å². The summed E-state index contributed by atoms with van der Waals surface area (Å²) in [6, 6.07) is 0. The number of rotatable bonds is 15. The van der Waals surface area contributed by atoms with Crippen LogP contribution in [0.3, 0.4) is 0 Å². The maximum absolute atomic E-state index is 10.4. The molecule has 10 nitrogen and oxygen atoms in total. The predicted octanol–water partition coefficient (Wildman–Crippen LogP) is -1.24. The molecule has 0 aliphatic rings. The lowest BCUT2D eigenvalue weighted by Gasteiger charge is -2.28. The molecule has 23 heavy (non-hydrogen) atoms. The normalized spacial score (nSPS) is 11.3. The van der Waals surface area contributed by atoms with Crippen molar-refractivity contribution >= 4 is 17.9 Å². The van der Waals surface area contributed by atoms with Crippen LogP contribution in [0.25, 0.3) is 0 Å². The standard InChI is InChI=1S/C13H23NO9/c15-10(16)1-4-14-7-13(21,8-22-5-2-11(17)18)9-23-6-3-12(19)20/h14,21H,1-9H2,(H,15,16)(H,17,18)(H,19,20). The summed E-state index contributed by atoms with van der Waals surface area (Å²) >= 11 is 0. The number of carboxylic acid groups (broad SMARTS) is 3. The molecular weight excluding hydrogens is 314 g/mol. The molecule has 0 aliphatic heterocycles. The van der Waals surface area contributed by atoms with Crippen LogP contribution in [-0.2, 0) is 23.9 Å². The second-order valence-corrected chi connectivity index (χ2v) is 4.94. The zero-order valence-electron chi connectivity index (χ0n) is 12.7. The molecule has 0 spiro atoms. The first-order valence-corrected chi connectivity index (χ1v) is 6.99. The highest BCUT2D eigenvalue weighted by atomic mass is 16.5. The minimum absolute atomic E-state index is 0.0412. The van der Waals surface area contributed by atoms with Crippen molar-refractivity contribution in [1.82, 2.24) is 5.32 Å². The van der Waals surface area contributed by atoms with Crippen LogP contribution in [0.2, 0.25) is 0 Å². The van der Waals surface area contributed by atoms with E-state index >= 15 is 0 Å². The van der Waals surface area contributed by atoms with Crippen LogP contribution in [0.5, 0.6) is 0 Å². The number of carbonyl (C=O) groups is 3. The largest absolute Gasteiger partial charge is 0.481 e. The van der Waals surface area contributed by atoms with Gasteiger partial charge in [-0.15, -0.1) is 0 Å². The molecule has 0 heterocycles. The van der Waals surface area contributed by atoms with Crippen molar-refractivity contribution in [2.24, 2.45) is 0 Å². The molecule has 0 aromatic carbocycles. The van der Waals surface area contributed by atoms with Gasteiger partial charge in [-0.2, -0.15) is 0 Å². The van der Waals surface area contributed by atoms with E-state index in [0.29, 0.717) is 0 Å². The van der Waals surface area contributed by atoms with Gasteiger partial charge >= 0.3 is 17.9 Å². The molecule has 0 rings (SSSR count). The van der Waals surface area contributed by atoms with Crippen LogP contribution in [0.1, 0.15) is 19.3 Å². The molecular formula is C13H23NO9. The summed E-state index contributed by atoms with van der Waals surface area (Å²) in [5, 5.41) is 38.6. The summed E-state index contributed by atoms with van der Waals surface area (Å²) in [6.45, 7) is -0.563. The minimum atomic E-state index is -1.52. The van der Waals surface area contributed by atoms with Crippen molar-refractivity contribution in [1.29, 1.82) is 0 Å². The summed E-state index contributed by atoms with van der Waals surface area (Å²) < 4.78 is 10.2. The monoisotopic (exact) mass is 337 g/mol. The van der Waals surface area contributed by atoms with Crippen molar-refractivity contribution in [3.63, 3.8) is 0 Å². The zero-order valence-corrected chi connectivity index (χ0v) is 12.7. The number of hydrogen-bond acceptors (Lipinski definition) is 7. The summed E-state index contributed by atoms with van der Waals surface area (Å²) in [6.07, 6.45) is -0.569. The Balaban J connectivity index is 4.23. The maximum Gasteiger partial charge on any atom is 0.305 e. The number of hydrogen-bond donors (Lipinski definition) is 5. The molecule has 0 unspecified atom stereocenters. The Bertz CT molecular complexity index is 331. The van der Waals surface area contributed by atoms with Gasteiger partial charge < -0.3 is 35.2 Å². The van der Waals surface area contributed by atoms with E-state index in [2.05, 4.69) is 5.32 Å². The summed E-state index contributed by atoms with van der Waals surface area (Å²) in [5.74, 6) is -3.06. The molecule has 0 radical (unpaired) electrons. The van der Waals surface area contributed by atoms with E-state index in [1.54, 1.807) is 0 Å². The lowest BCUT2D eigenvalue weighted by atomic mass is 10.1. The third-order valence-electron chi connectivity index (χ3n) is 2.63. The van der Waals surface area contributed by atoms with Crippen LogP contribution >= 0.6 is 0 Å². The third kappa shape index (κ3) is 13.6. The Morgan fingerprint density at radius 2 is 1.26 bits per heavy atom. The van der Waals surface area contributed by atoms with E-state index in [1.807, 2.05) is 0 Å². The zero-order chi connectivity index (χ0) is 17.7. The fourth-order valence-electron chi connectivity index (χ4n) is 1.50. The van der Waals surface area contributed by atoms with Gasteiger partial charge in [0.2, 0.25) is 0 Å². The SMILES string of the molecule is O=C(O)CCNCC(O)(COCCC(=O)O)COCCC(=O)O. The Kier molecular flexibility index (Phi) is 10.9. The van der Waals surface area contributed by atoms with Crippen molar-refractivity contribution in [3.8, 4) is 0 Å². The van der Waals surface area contributed by atoms with Gasteiger partial charge in [0.1, 0.15) is 5.60 Å². The van der Waals surface area contributed by atoms with Crippen molar-refractivity contribution in [3.05, 3.63) is 0 Å². The van der Waals surface area contributed by atoms with Gasteiger partial charge in [0.25, 0.3) is 0 Å². The van der Waals surface area contributed by atoms with E-state index in [4.69, 9.17) is 24.8 Å². The van der Waals surface area contributed by atoms with Crippen LogP contribution in [0, 0.1) is 0 Å². The van der Waals surface area contributed by atoms with Gasteiger partial charge in [-0.1, -0.05) is 0 Å². The summed E-state index contributed by atoms with van der Waals surface area (Å²) in [7, 11) is 0. The number of carboxylic acids is 3. The molecule has 0 atom stereocenters. The number of ether oxygens (including phenoxy) is 2. The molecule has 134 valence electrons. The second-order valence-electron chi connectivity index (χ2n) is 4.94. The summed E-state index contributed by atoms with van der Waals surface area (Å²) in [5.41, 5.74) is -1.52. The number of aliphatic carboxylic acids is 3. The van der Waals surface area contributed by atoms with Crippen molar-refractivity contribution in [2.75, 3.05) is 39.5 Å². The summed E-state index contributed by atoms with van der Waals surface area (Å²) in [4.78, 5) is 31.2. The molecule has 0 aliphatic carbocycles. The van der Waals surface area contributed by atoms with Crippen LogP contribution in [0.4, 0.5) is 0 Å². The van der Waals surface area contributed by atoms with E-state index in [1.165, 1.54) is 0 Å². The van der Waals surface area contributed by atoms with Crippen molar-refractivity contribution in [2.45, 2.75) is 24.9 Å². The smallest absolute Gasteiger partial charge is 0.305 e. The molecule has 0 fully saturated rings. The molecule has 0 saturated heterocycles. The van der Waals surface area contributed by atoms with Crippen LogP contribution < -0.4 is 5.32 Å². The predicted molar refractivity (Wildman–Crippen MR) is 76.2 cm³/mol. The number of aliphatic hydroxyl groups is 1. The fraction of sp³-hybridized carbons (Fsp3) is 0.769. The van der Waals surface area contributed by atoms with E-state index in [-0.39, 0.29) is 58.8 Å². The highest BCUT2D eigenvalue weighted by Crippen LogP contribution is 2.06. The minimum Gasteiger partial charge on any atom is -0.481 e. The van der Waals surface area contributed by atoms with Gasteiger partial charge in [0.15, 0.2) is 0 Å². The second kappa shape index (κ2) is 11.8. The van der Waals surface area contributed by atoms with Crippen LogP contribution in [0.15, 0.2) is 0 Å². The lowest BCUT2D eigenvalue weighted by Crippen LogP contribution is -2.49. The Hall–Kier alpha value is -1.75. The Morgan fingerprint density at radius 3 is 1.65 bits per heavy atom.